The van der Waals surface area contributed by atoms with Gasteiger partial charge in [-0.25, -0.2) is 0 Å². The van der Waals surface area contributed by atoms with E-state index in [1.54, 1.807) is 19.1 Å². The maximum atomic E-state index is 12.5. The average molecular weight is 265 g/mol. The minimum absolute atomic E-state index is 0.0373. The Morgan fingerprint density at radius 3 is 2.21 bits per heavy atom. The highest BCUT2D eigenvalue weighted by Gasteiger charge is 2.17. The Hall–Kier alpha value is -1.39. The number of hydrogen-bond acceptors (Lipinski definition) is 3. The first-order chi connectivity index (χ1) is 9.10. The number of aryl methyl sites for hydroxylation is 2. The fourth-order valence-corrected chi connectivity index (χ4v) is 1.85. The molecule has 1 rings (SSSR count). The van der Waals surface area contributed by atoms with E-state index in [9.17, 15) is 4.79 Å². The molecule has 0 aliphatic rings. The number of nitrogens with zero attached hydrogens (tertiary/aromatic N) is 1. The van der Waals surface area contributed by atoms with Crippen molar-refractivity contribution >= 4 is 5.91 Å². The zero-order valence-corrected chi connectivity index (χ0v) is 12.2. The number of rotatable bonds is 7. The van der Waals surface area contributed by atoms with Crippen molar-refractivity contribution in [3.05, 3.63) is 34.9 Å². The molecule has 4 nitrogen and oxygen atoms in total. The van der Waals surface area contributed by atoms with Crippen LogP contribution in [-0.2, 0) is 9.47 Å². The first-order valence-electron chi connectivity index (χ1n) is 6.44. The minimum atomic E-state index is 0.0373. The molecule has 0 bridgehead atoms. The molecule has 0 N–H and O–H groups in total. The molecule has 19 heavy (non-hydrogen) atoms. The van der Waals surface area contributed by atoms with E-state index in [2.05, 4.69) is 0 Å². The van der Waals surface area contributed by atoms with Crippen LogP contribution in [0.1, 0.15) is 21.5 Å². The third kappa shape index (κ3) is 4.65. The van der Waals surface area contributed by atoms with E-state index in [1.807, 2.05) is 32.0 Å². The van der Waals surface area contributed by atoms with Crippen molar-refractivity contribution in [1.29, 1.82) is 0 Å². The van der Waals surface area contributed by atoms with Crippen LogP contribution in [0.5, 0.6) is 0 Å². The number of methoxy groups -OCH3 is 2. The predicted octanol–water partition coefficient (Wildman–Crippen LogP) is 2.04. The summed E-state index contributed by atoms with van der Waals surface area (Å²) in [5.41, 5.74) is 2.84. The minimum Gasteiger partial charge on any atom is -0.383 e. The summed E-state index contributed by atoms with van der Waals surface area (Å²) in [6.07, 6.45) is 0. The van der Waals surface area contributed by atoms with Gasteiger partial charge >= 0.3 is 0 Å². The Labute approximate surface area is 115 Å². The lowest BCUT2D eigenvalue weighted by Crippen LogP contribution is -2.36. The van der Waals surface area contributed by atoms with E-state index in [1.165, 1.54) is 0 Å². The maximum absolute atomic E-state index is 12.5. The van der Waals surface area contributed by atoms with E-state index in [4.69, 9.17) is 9.47 Å². The summed E-state index contributed by atoms with van der Waals surface area (Å²) < 4.78 is 10.1. The van der Waals surface area contributed by atoms with E-state index in [0.717, 1.165) is 16.7 Å². The van der Waals surface area contributed by atoms with Crippen molar-refractivity contribution in [3.63, 3.8) is 0 Å². The largest absolute Gasteiger partial charge is 0.383 e. The van der Waals surface area contributed by atoms with Crippen LogP contribution < -0.4 is 0 Å². The van der Waals surface area contributed by atoms with E-state index in [-0.39, 0.29) is 5.91 Å². The summed E-state index contributed by atoms with van der Waals surface area (Å²) in [5.74, 6) is 0.0373. The van der Waals surface area contributed by atoms with E-state index in [0.29, 0.717) is 26.3 Å². The summed E-state index contributed by atoms with van der Waals surface area (Å²) in [6, 6.07) is 5.93. The number of amides is 1. The normalized spacial score (nSPS) is 10.5. The molecule has 0 saturated carbocycles. The van der Waals surface area contributed by atoms with Crippen LogP contribution in [0.4, 0.5) is 0 Å². The van der Waals surface area contributed by atoms with Gasteiger partial charge in [-0.2, -0.15) is 0 Å². The monoisotopic (exact) mass is 265 g/mol. The van der Waals surface area contributed by atoms with Crippen LogP contribution in [0.25, 0.3) is 0 Å². The summed E-state index contributed by atoms with van der Waals surface area (Å²) in [6.45, 7) is 6.15. The molecule has 0 aliphatic heterocycles. The number of carbonyl (C=O) groups is 1. The lowest BCUT2D eigenvalue weighted by molar-refractivity contribution is 0.0626. The lowest BCUT2D eigenvalue weighted by atomic mass is 10.0. The van der Waals surface area contributed by atoms with Gasteiger partial charge in [-0.15, -0.1) is 0 Å². The summed E-state index contributed by atoms with van der Waals surface area (Å²) in [5, 5.41) is 0. The van der Waals surface area contributed by atoms with Crippen molar-refractivity contribution in [3.8, 4) is 0 Å². The van der Waals surface area contributed by atoms with Crippen molar-refractivity contribution in [2.24, 2.45) is 0 Å². The van der Waals surface area contributed by atoms with Crippen molar-refractivity contribution < 1.29 is 14.3 Å². The van der Waals surface area contributed by atoms with Gasteiger partial charge in [0.05, 0.1) is 13.2 Å². The highest BCUT2D eigenvalue weighted by Crippen LogP contribution is 2.13. The van der Waals surface area contributed by atoms with E-state index >= 15 is 0 Å². The number of benzene rings is 1. The standard InChI is InChI=1S/C15H23NO3/c1-12-5-6-13(2)14(11-12)15(17)16(7-9-18-3)8-10-19-4/h5-6,11H,7-10H2,1-4H3. The molecule has 0 fully saturated rings. The van der Waals surface area contributed by atoms with Gasteiger partial charge in [0.1, 0.15) is 0 Å². The number of carbonyl (C=O) groups excluding carboxylic acids is 1. The van der Waals surface area contributed by atoms with Crippen LogP contribution in [-0.4, -0.2) is 51.3 Å². The highest BCUT2D eigenvalue weighted by atomic mass is 16.5. The van der Waals surface area contributed by atoms with Crippen LogP contribution in [0.3, 0.4) is 0 Å². The molecule has 0 unspecified atom stereocenters. The molecule has 0 radical (unpaired) electrons. The van der Waals surface area contributed by atoms with Crippen molar-refractivity contribution in [2.45, 2.75) is 13.8 Å². The van der Waals surface area contributed by atoms with Gasteiger partial charge in [-0.3, -0.25) is 4.79 Å². The van der Waals surface area contributed by atoms with Gasteiger partial charge in [0, 0.05) is 32.9 Å². The van der Waals surface area contributed by atoms with Gasteiger partial charge in [0.2, 0.25) is 0 Å². The quantitative estimate of drug-likeness (QED) is 0.757. The van der Waals surface area contributed by atoms with E-state index < -0.39 is 0 Å². The molecule has 4 heteroatoms. The molecule has 1 aromatic rings. The Morgan fingerprint density at radius 2 is 1.68 bits per heavy atom. The molecule has 0 atom stereocenters. The fraction of sp³-hybridized carbons (Fsp3) is 0.533. The summed E-state index contributed by atoms with van der Waals surface area (Å²) >= 11 is 0. The van der Waals surface area contributed by atoms with Crippen LogP contribution in [0.2, 0.25) is 0 Å². The maximum Gasteiger partial charge on any atom is 0.254 e. The first kappa shape index (κ1) is 15.7. The Balaban J connectivity index is 2.87. The average Bonchev–Trinajstić information content (AvgIpc) is 2.41. The number of hydrogen-bond donors (Lipinski definition) is 0. The second kappa shape index (κ2) is 7.92. The zero-order valence-electron chi connectivity index (χ0n) is 12.2. The molecule has 106 valence electrons. The molecule has 0 heterocycles. The second-order valence-electron chi connectivity index (χ2n) is 4.60. The number of ether oxygens (including phenoxy) is 2. The van der Waals surface area contributed by atoms with Gasteiger partial charge in [-0.1, -0.05) is 17.7 Å². The second-order valence-corrected chi connectivity index (χ2v) is 4.60. The third-order valence-corrected chi connectivity index (χ3v) is 3.04. The molecule has 0 spiro atoms. The van der Waals surface area contributed by atoms with Crippen LogP contribution in [0, 0.1) is 13.8 Å². The molecule has 0 saturated heterocycles. The first-order valence-corrected chi connectivity index (χ1v) is 6.44. The fourth-order valence-electron chi connectivity index (χ4n) is 1.85. The molecular formula is C15H23NO3. The molecular weight excluding hydrogens is 242 g/mol. The molecule has 1 aromatic carbocycles. The predicted molar refractivity (Wildman–Crippen MR) is 75.6 cm³/mol. The summed E-state index contributed by atoms with van der Waals surface area (Å²) in [7, 11) is 3.27. The van der Waals surface area contributed by atoms with Crippen LogP contribution in [0.15, 0.2) is 18.2 Å². The van der Waals surface area contributed by atoms with Gasteiger partial charge in [0.15, 0.2) is 0 Å². The topological polar surface area (TPSA) is 38.8 Å². The van der Waals surface area contributed by atoms with Gasteiger partial charge < -0.3 is 14.4 Å². The van der Waals surface area contributed by atoms with Crippen molar-refractivity contribution in [2.75, 3.05) is 40.5 Å². The Bertz CT molecular complexity index is 410. The summed E-state index contributed by atoms with van der Waals surface area (Å²) in [4.78, 5) is 14.3. The molecule has 0 aromatic heterocycles. The smallest absolute Gasteiger partial charge is 0.254 e. The molecule has 1 amide bonds. The van der Waals surface area contributed by atoms with Crippen molar-refractivity contribution in [1.82, 2.24) is 4.90 Å². The SMILES string of the molecule is COCCN(CCOC)C(=O)c1cc(C)ccc1C. The Morgan fingerprint density at radius 1 is 1.11 bits per heavy atom. The van der Waals surface area contributed by atoms with Gasteiger partial charge in [0.25, 0.3) is 5.91 Å². The van der Waals surface area contributed by atoms with Gasteiger partial charge in [-0.05, 0) is 25.5 Å². The Kier molecular flexibility index (Phi) is 6.53. The lowest BCUT2D eigenvalue weighted by Gasteiger charge is -2.23. The zero-order chi connectivity index (χ0) is 14.3. The van der Waals surface area contributed by atoms with Crippen LogP contribution >= 0.6 is 0 Å². The highest BCUT2D eigenvalue weighted by molar-refractivity contribution is 5.95. The molecule has 0 aliphatic carbocycles. The third-order valence-electron chi connectivity index (χ3n) is 3.04.